The summed E-state index contributed by atoms with van der Waals surface area (Å²) in [6.45, 7) is 0. The van der Waals surface area contributed by atoms with E-state index < -0.39 is 8.32 Å². The van der Waals surface area contributed by atoms with Crippen LogP contribution >= 0.6 is 0 Å². The highest BCUT2D eigenvalue weighted by Crippen LogP contribution is 2.38. The zero-order chi connectivity index (χ0) is 20.9. The largest absolute Gasteiger partial charge is 0.404 e. The van der Waals surface area contributed by atoms with Crippen LogP contribution in [0, 0.1) is 0 Å². The molecule has 0 aliphatic carbocycles. The standard InChI is InChI=1S/C29H28OSi/c1-5-14-24(15-6-1)29(25-16-7-2-8-17-25)28-22-13-23-31(30-28,26-18-9-3-10-19-26)27-20-11-4-12-21-27/h1-12,14-21,28-29H,13,22-23H2. The normalized spacial score (nSPS) is 18.0. The molecule has 0 N–H and O–H groups in total. The molecule has 154 valence electrons. The molecule has 1 aliphatic rings. The van der Waals surface area contributed by atoms with Crippen LogP contribution in [0.5, 0.6) is 0 Å². The van der Waals surface area contributed by atoms with E-state index in [9.17, 15) is 0 Å². The summed E-state index contributed by atoms with van der Waals surface area (Å²) in [4.78, 5) is 0. The molecule has 0 bridgehead atoms. The van der Waals surface area contributed by atoms with Gasteiger partial charge in [-0.1, -0.05) is 128 Å². The molecule has 31 heavy (non-hydrogen) atoms. The van der Waals surface area contributed by atoms with Crippen LogP contribution in [0.2, 0.25) is 6.04 Å². The molecule has 1 fully saturated rings. The van der Waals surface area contributed by atoms with E-state index in [1.807, 2.05) is 0 Å². The highest BCUT2D eigenvalue weighted by Gasteiger charge is 2.46. The second-order valence-electron chi connectivity index (χ2n) is 8.41. The molecule has 1 atom stereocenters. The second-order valence-corrected chi connectivity index (χ2v) is 12.0. The molecule has 1 saturated heterocycles. The molecular formula is C29H28OSi. The highest BCUT2D eigenvalue weighted by atomic mass is 28.4. The Kier molecular flexibility index (Phi) is 5.83. The van der Waals surface area contributed by atoms with Crippen molar-refractivity contribution in [2.75, 3.05) is 0 Å². The van der Waals surface area contributed by atoms with Gasteiger partial charge in [-0.3, -0.25) is 0 Å². The number of rotatable bonds is 5. The Morgan fingerprint density at radius 1 is 0.581 bits per heavy atom. The molecular weight excluding hydrogens is 392 g/mol. The van der Waals surface area contributed by atoms with E-state index in [0.717, 1.165) is 12.5 Å². The molecule has 1 unspecified atom stereocenters. The molecule has 1 heterocycles. The number of hydrogen-bond acceptors (Lipinski definition) is 1. The fraction of sp³-hybridized carbons (Fsp3) is 0.172. The lowest BCUT2D eigenvalue weighted by Crippen LogP contribution is -2.64. The predicted octanol–water partition coefficient (Wildman–Crippen LogP) is 5.76. The summed E-state index contributed by atoms with van der Waals surface area (Å²) in [6, 6.07) is 44.9. The Labute approximate surface area is 186 Å². The third kappa shape index (κ3) is 4.01. The summed E-state index contributed by atoms with van der Waals surface area (Å²) in [5.41, 5.74) is 2.68. The highest BCUT2D eigenvalue weighted by molar-refractivity contribution is 6.97. The van der Waals surface area contributed by atoms with E-state index in [-0.39, 0.29) is 12.0 Å². The molecule has 0 amide bonds. The van der Waals surface area contributed by atoms with Crippen LogP contribution < -0.4 is 10.4 Å². The molecule has 0 radical (unpaired) electrons. The first-order chi connectivity index (χ1) is 15.4. The average Bonchev–Trinajstić information content (AvgIpc) is 2.87. The van der Waals surface area contributed by atoms with Crippen molar-refractivity contribution in [1.82, 2.24) is 0 Å². The van der Waals surface area contributed by atoms with Gasteiger partial charge in [-0.2, -0.15) is 0 Å². The van der Waals surface area contributed by atoms with Crippen molar-refractivity contribution in [2.45, 2.75) is 30.9 Å². The fourth-order valence-corrected chi connectivity index (χ4v) is 9.35. The second kappa shape index (κ2) is 9.05. The Balaban J connectivity index is 1.61. The number of hydrogen-bond donors (Lipinski definition) is 0. The summed E-state index contributed by atoms with van der Waals surface area (Å²) < 4.78 is 7.36. The van der Waals surface area contributed by atoms with Gasteiger partial charge in [0.05, 0.1) is 6.10 Å². The average molecular weight is 421 g/mol. The summed E-state index contributed by atoms with van der Waals surface area (Å²) in [7, 11) is -2.33. The molecule has 4 aromatic rings. The third-order valence-corrected chi connectivity index (χ3v) is 10.8. The smallest absolute Gasteiger partial charge is 0.256 e. The van der Waals surface area contributed by atoms with Gasteiger partial charge in [-0.15, -0.1) is 0 Å². The minimum Gasteiger partial charge on any atom is -0.404 e. The quantitative estimate of drug-likeness (QED) is 0.373. The monoisotopic (exact) mass is 420 g/mol. The lowest BCUT2D eigenvalue weighted by atomic mass is 9.85. The first-order valence-corrected chi connectivity index (χ1v) is 13.4. The lowest BCUT2D eigenvalue weighted by molar-refractivity contribution is 0.150. The van der Waals surface area contributed by atoms with Crippen LogP contribution in [0.4, 0.5) is 0 Å². The molecule has 0 aromatic heterocycles. The minimum absolute atomic E-state index is 0.158. The van der Waals surface area contributed by atoms with Crippen LogP contribution in [-0.2, 0) is 4.43 Å². The molecule has 2 heteroatoms. The topological polar surface area (TPSA) is 9.23 Å². The van der Waals surface area contributed by atoms with E-state index in [0.29, 0.717) is 0 Å². The van der Waals surface area contributed by atoms with Crippen LogP contribution in [-0.4, -0.2) is 14.4 Å². The van der Waals surface area contributed by atoms with Gasteiger partial charge in [-0.05, 0) is 34.0 Å². The van der Waals surface area contributed by atoms with E-state index in [4.69, 9.17) is 4.43 Å². The van der Waals surface area contributed by atoms with Crippen LogP contribution in [0.25, 0.3) is 0 Å². The van der Waals surface area contributed by atoms with Crippen molar-refractivity contribution in [3.8, 4) is 0 Å². The van der Waals surface area contributed by atoms with Gasteiger partial charge < -0.3 is 4.43 Å². The summed E-state index contributed by atoms with van der Waals surface area (Å²) in [5.74, 6) is 0.238. The summed E-state index contributed by atoms with van der Waals surface area (Å²) in [5, 5.41) is 2.76. The van der Waals surface area contributed by atoms with Crippen molar-refractivity contribution < 1.29 is 4.43 Å². The van der Waals surface area contributed by atoms with Gasteiger partial charge in [-0.25, -0.2) is 0 Å². The van der Waals surface area contributed by atoms with Gasteiger partial charge in [0.2, 0.25) is 0 Å². The molecule has 1 aliphatic heterocycles. The zero-order valence-corrected chi connectivity index (χ0v) is 18.7. The summed E-state index contributed by atoms with van der Waals surface area (Å²) in [6.07, 6.45) is 2.44. The Bertz CT molecular complexity index is 1000. The van der Waals surface area contributed by atoms with Crippen molar-refractivity contribution in [3.05, 3.63) is 132 Å². The molecule has 4 aromatic carbocycles. The SMILES string of the molecule is c1ccc(C(c2ccccc2)C2CCC[Si](c3ccccc3)(c3ccccc3)O2)cc1. The van der Waals surface area contributed by atoms with E-state index >= 15 is 0 Å². The van der Waals surface area contributed by atoms with E-state index in [1.165, 1.54) is 27.9 Å². The lowest BCUT2D eigenvalue weighted by Gasteiger charge is -2.43. The van der Waals surface area contributed by atoms with Crippen molar-refractivity contribution in [2.24, 2.45) is 0 Å². The Hall–Kier alpha value is -2.94. The number of benzene rings is 4. The van der Waals surface area contributed by atoms with Crippen LogP contribution in [0.3, 0.4) is 0 Å². The summed E-state index contributed by atoms with van der Waals surface area (Å²) >= 11 is 0. The Morgan fingerprint density at radius 2 is 1.00 bits per heavy atom. The van der Waals surface area contributed by atoms with Crippen molar-refractivity contribution >= 4 is 18.7 Å². The molecule has 5 rings (SSSR count). The van der Waals surface area contributed by atoms with Gasteiger partial charge in [0, 0.05) is 5.92 Å². The maximum absolute atomic E-state index is 7.36. The molecule has 0 saturated carbocycles. The zero-order valence-electron chi connectivity index (χ0n) is 17.7. The molecule has 0 spiro atoms. The molecule has 1 nitrogen and oxygen atoms in total. The third-order valence-electron chi connectivity index (χ3n) is 6.54. The van der Waals surface area contributed by atoms with Crippen LogP contribution in [0.1, 0.15) is 29.9 Å². The minimum atomic E-state index is -2.33. The van der Waals surface area contributed by atoms with E-state index in [1.54, 1.807) is 0 Å². The van der Waals surface area contributed by atoms with Gasteiger partial charge in [0.1, 0.15) is 0 Å². The van der Waals surface area contributed by atoms with Crippen LogP contribution in [0.15, 0.2) is 121 Å². The maximum atomic E-state index is 7.36. The van der Waals surface area contributed by atoms with E-state index in [2.05, 4.69) is 121 Å². The van der Waals surface area contributed by atoms with Gasteiger partial charge in [0.15, 0.2) is 0 Å². The predicted molar refractivity (Wildman–Crippen MR) is 132 cm³/mol. The first kappa shape index (κ1) is 20.0. The maximum Gasteiger partial charge on any atom is 0.256 e. The van der Waals surface area contributed by atoms with Crippen molar-refractivity contribution in [3.63, 3.8) is 0 Å². The van der Waals surface area contributed by atoms with Gasteiger partial charge in [0.25, 0.3) is 8.32 Å². The van der Waals surface area contributed by atoms with Gasteiger partial charge >= 0.3 is 0 Å². The first-order valence-electron chi connectivity index (χ1n) is 11.3. The van der Waals surface area contributed by atoms with Crippen molar-refractivity contribution in [1.29, 1.82) is 0 Å². The Morgan fingerprint density at radius 3 is 1.45 bits per heavy atom. The fourth-order valence-electron chi connectivity index (χ4n) is 5.11.